The average molecular weight is 219 g/mol. The van der Waals surface area contributed by atoms with Gasteiger partial charge >= 0.3 is 0 Å². The Morgan fingerprint density at radius 1 is 1.31 bits per heavy atom. The lowest BCUT2D eigenvalue weighted by molar-refractivity contribution is 0.627. The van der Waals surface area contributed by atoms with Crippen molar-refractivity contribution in [3.63, 3.8) is 0 Å². The molecule has 1 aromatic heterocycles. The molecule has 1 heterocycles. The third kappa shape index (κ3) is 1.32. The Hall–Kier alpha value is -0.670. The number of benzene rings is 1. The van der Waals surface area contributed by atoms with E-state index in [1.165, 1.54) is 11.4 Å². The van der Waals surface area contributed by atoms with Crippen LogP contribution < -0.4 is 0 Å². The normalized spacial score (nSPS) is 11.0. The highest BCUT2D eigenvalue weighted by molar-refractivity contribution is 7.17. The van der Waals surface area contributed by atoms with Gasteiger partial charge < -0.3 is 0 Å². The second kappa shape index (κ2) is 3.24. The maximum absolute atomic E-state index is 13.4. The van der Waals surface area contributed by atoms with Crippen molar-refractivity contribution in [1.29, 1.82) is 0 Å². The second-order valence-electron chi connectivity index (χ2n) is 2.63. The van der Waals surface area contributed by atoms with Crippen molar-refractivity contribution in [2.45, 2.75) is 5.88 Å². The van der Waals surface area contributed by atoms with Crippen LogP contribution in [-0.4, -0.2) is 0 Å². The summed E-state index contributed by atoms with van der Waals surface area (Å²) in [6.45, 7) is 0. The average Bonchev–Trinajstić information content (AvgIpc) is 2.50. The van der Waals surface area contributed by atoms with Crippen molar-refractivity contribution in [2.24, 2.45) is 0 Å². The Labute approximate surface area is 82.8 Å². The van der Waals surface area contributed by atoms with Gasteiger partial charge in [-0.25, -0.2) is 8.78 Å². The number of fused-ring (bicyclic) bond motifs is 1. The predicted molar refractivity (Wildman–Crippen MR) is 51.3 cm³/mol. The Morgan fingerprint density at radius 3 is 2.77 bits per heavy atom. The van der Waals surface area contributed by atoms with Gasteiger partial charge in [0.1, 0.15) is 11.6 Å². The molecule has 4 heteroatoms. The molecule has 0 nitrogen and oxygen atoms in total. The molecule has 2 aromatic rings. The number of rotatable bonds is 1. The summed E-state index contributed by atoms with van der Waals surface area (Å²) in [4.78, 5) is 0. The zero-order valence-electron chi connectivity index (χ0n) is 6.48. The lowest BCUT2D eigenvalue weighted by Crippen LogP contribution is -1.85. The van der Waals surface area contributed by atoms with E-state index in [1.807, 2.05) is 0 Å². The van der Waals surface area contributed by atoms with Gasteiger partial charge in [0.2, 0.25) is 0 Å². The molecular formula is C9H5ClF2S. The zero-order valence-corrected chi connectivity index (χ0v) is 8.05. The van der Waals surface area contributed by atoms with E-state index in [-0.39, 0.29) is 11.7 Å². The molecule has 0 saturated carbocycles. The van der Waals surface area contributed by atoms with Crippen molar-refractivity contribution in [3.05, 3.63) is 34.7 Å². The number of halogens is 3. The van der Waals surface area contributed by atoms with Gasteiger partial charge in [0, 0.05) is 16.3 Å². The monoisotopic (exact) mass is 218 g/mol. The van der Waals surface area contributed by atoms with E-state index in [9.17, 15) is 8.78 Å². The van der Waals surface area contributed by atoms with E-state index in [4.69, 9.17) is 11.6 Å². The topological polar surface area (TPSA) is 0 Å². The largest absolute Gasteiger partial charge is 0.205 e. The summed E-state index contributed by atoms with van der Waals surface area (Å²) in [5, 5.41) is 1.63. The first kappa shape index (κ1) is 8.91. The Bertz CT molecular complexity index is 450. The van der Waals surface area contributed by atoms with Crippen molar-refractivity contribution in [1.82, 2.24) is 0 Å². The number of alkyl halides is 1. The lowest BCUT2D eigenvalue weighted by Gasteiger charge is -1.98. The highest BCUT2D eigenvalue weighted by Gasteiger charge is 2.10. The van der Waals surface area contributed by atoms with Crippen molar-refractivity contribution >= 4 is 33.0 Å². The molecule has 68 valence electrons. The lowest BCUT2D eigenvalue weighted by atomic mass is 10.2. The molecule has 0 spiro atoms. The molecule has 0 saturated heterocycles. The summed E-state index contributed by atoms with van der Waals surface area (Å²) in [7, 11) is 0. The van der Waals surface area contributed by atoms with Crippen LogP contribution in [0.2, 0.25) is 0 Å². The van der Waals surface area contributed by atoms with Gasteiger partial charge in [-0.3, -0.25) is 0 Å². The smallest absolute Gasteiger partial charge is 0.145 e. The Kier molecular flexibility index (Phi) is 2.22. The van der Waals surface area contributed by atoms with Crippen LogP contribution in [0.5, 0.6) is 0 Å². The van der Waals surface area contributed by atoms with Crippen molar-refractivity contribution < 1.29 is 8.78 Å². The van der Waals surface area contributed by atoms with Gasteiger partial charge in [0.15, 0.2) is 0 Å². The molecule has 0 unspecified atom stereocenters. The minimum atomic E-state index is -0.401. The minimum Gasteiger partial charge on any atom is -0.205 e. The van der Waals surface area contributed by atoms with Gasteiger partial charge in [-0.15, -0.1) is 22.9 Å². The van der Waals surface area contributed by atoms with Crippen molar-refractivity contribution in [2.75, 3.05) is 0 Å². The summed E-state index contributed by atoms with van der Waals surface area (Å²) < 4.78 is 26.8. The quantitative estimate of drug-likeness (QED) is 0.637. The first-order valence-corrected chi connectivity index (χ1v) is 5.05. The SMILES string of the molecule is Fc1csc2c(F)c(CCl)ccc12. The van der Waals surface area contributed by atoms with Gasteiger partial charge in [-0.2, -0.15) is 0 Å². The summed E-state index contributed by atoms with van der Waals surface area (Å²) in [5.41, 5.74) is 0.413. The third-order valence-electron chi connectivity index (χ3n) is 1.86. The van der Waals surface area contributed by atoms with Gasteiger partial charge in [-0.05, 0) is 0 Å². The first-order valence-electron chi connectivity index (χ1n) is 3.64. The summed E-state index contributed by atoms with van der Waals surface area (Å²) in [6, 6.07) is 3.07. The van der Waals surface area contributed by atoms with Crippen LogP contribution in [-0.2, 0) is 5.88 Å². The molecule has 0 bridgehead atoms. The number of hydrogen-bond acceptors (Lipinski definition) is 1. The minimum absolute atomic E-state index is 0.112. The highest BCUT2D eigenvalue weighted by Crippen LogP contribution is 2.29. The highest BCUT2D eigenvalue weighted by atomic mass is 35.5. The fourth-order valence-corrected chi connectivity index (χ4v) is 2.26. The van der Waals surface area contributed by atoms with E-state index in [2.05, 4.69) is 0 Å². The third-order valence-corrected chi connectivity index (χ3v) is 3.11. The van der Waals surface area contributed by atoms with Crippen molar-refractivity contribution in [3.8, 4) is 0 Å². The van der Waals surface area contributed by atoms with E-state index >= 15 is 0 Å². The fourth-order valence-electron chi connectivity index (χ4n) is 1.18. The van der Waals surface area contributed by atoms with E-state index < -0.39 is 5.82 Å². The molecule has 0 aliphatic carbocycles. The molecule has 0 fully saturated rings. The Balaban J connectivity index is 2.80. The molecule has 0 aliphatic heterocycles. The van der Waals surface area contributed by atoms with Crippen LogP contribution in [0.15, 0.2) is 17.5 Å². The van der Waals surface area contributed by atoms with Crippen LogP contribution in [0.25, 0.3) is 10.1 Å². The fraction of sp³-hybridized carbons (Fsp3) is 0.111. The predicted octanol–water partition coefficient (Wildman–Crippen LogP) is 3.92. The van der Waals surface area contributed by atoms with E-state index in [0.717, 1.165) is 11.3 Å². The van der Waals surface area contributed by atoms with Gasteiger partial charge in [0.25, 0.3) is 0 Å². The summed E-state index contributed by atoms with van der Waals surface area (Å²) >= 11 is 6.57. The first-order chi connectivity index (χ1) is 6.24. The molecule has 1 aromatic carbocycles. The molecule has 13 heavy (non-hydrogen) atoms. The maximum atomic E-state index is 13.4. The molecule has 0 atom stereocenters. The van der Waals surface area contributed by atoms with E-state index in [1.54, 1.807) is 6.07 Å². The van der Waals surface area contributed by atoms with Crippen LogP contribution >= 0.6 is 22.9 Å². The Morgan fingerprint density at radius 2 is 2.08 bits per heavy atom. The standard InChI is InChI=1S/C9H5ClF2S/c10-3-5-1-2-6-7(11)4-13-9(6)8(5)12/h1-2,4H,3H2. The molecule has 0 N–H and O–H groups in total. The molecule has 2 rings (SSSR count). The van der Waals surface area contributed by atoms with Crippen LogP contribution in [0, 0.1) is 11.6 Å². The summed E-state index contributed by atoms with van der Waals surface area (Å²) in [5.74, 6) is -0.664. The van der Waals surface area contributed by atoms with Gasteiger partial charge in [-0.1, -0.05) is 12.1 Å². The second-order valence-corrected chi connectivity index (χ2v) is 3.78. The molecule has 0 radical (unpaired) electrons. The zero-order chi connectivity index (χ0) is 9.42. The summed E-state index contributed by atoms with van der Waals surface area (Å²) in [6.07, 6.45) is 0. The van der Waals surface area contributed by atoms with Crippen LogP contribution in [0.4, 0.5) is 8.78 Å². The molecule has 0 amide bonds. The number of hydrogen-bond donors (Lipinski definition) is 0. The van der Waals surface area contributed by atoms with Gasteiger partial charge in [0.05, 0.1) is 10.6 Å². The maximum Gasteiger partial charge on any atom is 0.145 e. The van der Waals surface area contributed by atoms with E-state index in [0.29, 0.717) is 15.6 Å². The van der Waals surface area contributed by atoms with Crippen LogP contribution in [0.1, 0.15) is 5.56 Å². The van der Waals surface area contributed by atoms with Crippen LogP contribution in [0.3, 0.4) is 0 Å². The molecular weight excluding hydrogens is 214 g/mol. The molecule has 0 aliphatic rings. The number of thiophene rings is 1.